The van der Waals surface area contributed by atoms with E-state index in [1.807, 2.05) is 93.3 Å². The lowest BCUT2D eigenvalue weighted by molar-refractivity contribution is -0.125. The first-order valence-electron chi connectivity index (χ1n) is 12.9. The number of furan rings is 1. The lowest BCUT2D eigenvalue weighted by Crippen LogP contribution is -2.51. The summed E-state index contributed by atoms with van der Waals surface area (Å²) in [6.45, 7) is 12.6. The van der Waals surface area contributed by atoms with Crippen LogP contribution in [-0.4, -0.2) is 35.5 Å². The van der Waals surface area contributed by atoms with Crippen molar-refractivity contribution in [1.29, 1.82) is 0 Å². The first-order valence-corrected chi connectivity index (χ1v) is 12.9. The van der Waals surface area contributed by atoms with Crippen LogP contribution in [0.1, 0.15) is 37.7 Å². The summed E-state index contributed by atoms with van der Waals surface area (Å²) in [4.78, 5) is 32.4. The summed E-state index contributed by atoms with van der Waals surface area (Å²) in [6.07, 6.45) is 0. The van der Waals surface area contributed by atoms with Crippen LogP contribution in [0.5, 0.6) is 5.75 Å². The molecule has 1 aliphatic rings. The number of amides is 3. The zero-order valence-corrected chi connectivity index (χ0v) is 23.0. The highest BCUT2D eigenvalue weighted by atomic mass is 16.5. The van der Waals surface area contributed by atoms with Crippen molar-refractivity contribution in [2.75, 3.05) is 13.7 Å². The maximum Gasteiger partial charge on any atom is 0.322 e. The Morgan fingerprint density at radius 2 is 1.82 bits per heavy atom. The Kier molecular flexibility index (Phi) is 8.04. The van der Waals surface area contributed by atoms with Crippen molar-refractivity contribution in [3.05, 3.63) is 95.9 Å². The first-order chi connectivity index (χ1) is 18.8. The van der Waals surface area contributed by atoms with Crippen LogP contribution in [0.4, 0.5) is 4.79 Å². The van der Waals surface area contributed by atoms with Gasteiger partial charge in [0, 0.05) is 23.9 Å². The maximum atomic E-state index is 13.3. The van der Waals surface area contributed by atoms with Gasteiger partial charge in [-0.05, 0) is 49.2 Å². The number of nitrogens with zero attached hydrogens (tertiary/aromatic N) is 2. The van der Waals surface area contributed by atoms with Gasteiger partial charge in [0.25, 0.3) is 5.91 Å². The van der Waals surface area contributed by atoms with Crippen molar-refractivity contribution >= 4 is 23.0 Å². The number of ether oxygens (including phenoxy) is 1. The zero-order valence-electron chi connectivity index (χ0n) is 23.0. The number of aryl methyl sites for hydroxylation is 1. The second kappa shape index (κ2) is 11.4. The molecule has 1 fully saturated rings. The molecule has 3 heterocycles. The van der Waals surface area contributed by atoms with E-state index in [0.717, 1.165) is 33.8 Å². The van der Waals surface area contributed by atoms with Gasteiger partial charge in [-0.3, -0.25) is 10.1 Å². The van der Waals surface area contributed by atoms with Crippen molar-refractivity contribution in [3.63, 3.8) is 0 Å². The van der Waals surface area contributed by atoms with E-state index in [1.165, 1.54) is 0 Å². The summed E-state index contributed by atoms with van der Waals surface area (Å²) < 4.78 is 11.5. The average molecular weight is 527 g/mol. The quantitative estimate of drug-likeness (QED) is 0.277. The molecule has 1 saturated heterocycles. The molecule has 39 heavy (non-hydrogen) atoms. The third-order valence-corrected chi connectivity index (χ3v) is 6.68. The summed E-state index contributed by atoms with van der Waals surface area (Å²) in [5, 5.41) is 5.20. The molecule has 8 nitrogen and oxygen atoms in total. The van der Waals surface area contributed by atoms with E-state index in [1.54, 1.807) is 13.2 Å². The molecule has 2 N–H and O–H groups in total. The number of fused-ring (bicyclic) bond motifs is 1. The van der Waals surface area contributed by atoms with Crippen LogP contribution in [0.2, 0.25) is 0 Å². The molecule has 202 valence electrons. The van der Waals surface area contributed by atoms with Gasteiger partial charge in [0.2, 0.25) is 0 Å². The van der Waals surface area contributed by atoms with Crippen LogP contribution in [0.25, 0.3) is 22.4 Å². The molecule has 3 amide bonds. The summed E-state index contributed by atoms with van der Waals surface area (Å²) in [5.74, 6) is 0.588. The topological polar surface area (TPSA) is 96.7 Å². The fraction of sp³-hybridized carbons (Fsp3) is 0.258. The highest BCUT2D eigenvalue weighted by Gasteiger charge is 2.51. The number of aromatic nitrogens is 1. The molecule has 0 radical (unpaired) electrons. The summed E-state index contributed by atoms with van der Waals surface area (Å²) >= 11 is 0. The molecule has 0 unspecified atom stereocenters. The second-order valence-electron chi connectivity index (χ2n) is 9.25. The second-order valence-corrected chi connectivity index (χ2v) is 9.25. The van der Waals surface area contributed by atoms with Gasteiger partial charge in [-0.15, -0.1) is 0 Å². The van der Waals surface area contributed by atoms with Crippen molar-refractivity contribution in [2.24, 2.45) is 0 Å². The van der Waals surface area contributed by atoms with Crippen LogP contribution in [0, 0.1) is 6.92 Å². The van der Waals surface area contributed by atoms with Crippen LogP contribution in [-0.2, 0) is 16.9 Å². The van der Waals surface area contributed by atoms with Gasteiger partial charge in [-0.1, -0.05) is 56.8 Å². The van der Waals surface area contributed by atoms with Gasteiger partial charge < -0.3 is 19.4 Å². The summed E-state index contributed by atoms with van der Waals surface area (Å²) in [7, 11) is 1.63. The molecule has 5 rings (SSSR count). The summed E-state index contributed by atoms with van der Waals surface area (Å²) in [6, 6.07) is 20.5. The summed E-state index contributed by atoms with van der Waals surface area (Å²) in [5.41, 5.74) is 4.25. The Hall–Kier alpha value is -4.59. The highest BCUT2D eigenvalue weighted by Crippen LogP contribution is 2.33. The van der Waals surface area contributed by atoms with E-state index >= 15 is 0 Å². The van der Waals surface area contributed by atoms with Crippen LogP contribution in [0.15, 0.2) is 83.4 Å². The zero-order chi connectivity index (χ0) is 28.2. The van der Waals surface area contributed by atoms with Crippen molar-refractivity contribution in [2.45, 2.75) is 39.8 Å². The van der Waals surface area contributed by atoms with Gasteiger partial charge in [-0.2, -0.15) is 0 Å². The Labute approximate surface area is 228 Å². The van der Waals surface area contributed by atoms with E-state index in [9.17, 15) is 9.59 Å². The van der Waals surface area contributed by atoms with Gasteiger partial charge >= 0.3 is 6.03 Å². The lowest BCUT2D eigenvalue weighted by Gasteiger charge is -2.33. The Morgan fingerprint density at radius 1 is 1.08 bits per heavy atom. The number of benzene rings is 2. The largest absolute Gasteiger partial charge is 0.497 e. The van der Waals surface area contributed by atoms with Gasteiger partial charge in [0.05, 0.1) is 19.3 Å². The van der Waals surface area contributed by atoms with E-state index in [0.29, 0.717) is 23.4 Å². The van der Waals surface area contributed by atoms with Gasteiger partial charge in [0.15, 0.2) is 11.1 Å². The van der Waals surface area contributed by atoms with Crippen molar-refractivity contribution in [3.8, 4) is 17.0 Å². The van der Waals surface area contributed by atoms with Crippen LogP contribution >= 0.6 is 0 Å². The lowest BCUT2D eigenvalue weighted by atomic mass is 9.94. The number of imide groups is 1. The smallest absolute Gasteiger partial charge is 0.322 e. The number of urea groups is 1. The van der Waals surface area contributed by atoms with Crippen LogP contribution in [0.3, 0.4) is 0 Å². The highest BCUT2D eigenvalue weighted by molar-refractivity contribution is 6.07. The number of nitrogens with one attached hydrogen (secondary N) is 2. The number of carbonyl (C=O) groups excluding carboxylic acids is 2. The van der Waals surface area contributed by atoms with Crippen molar-refractivity contribution in [1.82, 2.24) is 20.5 Å². The molecule has 0 aliphatic carbocycles. The molecular weight excluding hydrogens is 492 g/mol. The molecule has 1 aliphatic heterocycles. The normalized spacial score (nSPS) is 16.2. The Balaban J connectivity index is 0.00000172. The Morgan fingerprint density at radius 3 is 2.44 bits per heavy atom. The average Bonchev–Trinajstić information content (AvgIpc) is 3.50. The minimum atomic E-state index is -1.45. The Bertz CT molecular complexity index is 1510. The van der Waals surface area contributed by atoms with E-state index in [4.69, 9.17) is 14.1 Å². The number of carbonyl (C=O) groups is 2. The maximum absolute atomic E-state index is 13.3. The molecule has 2 aromatic carbocycles. The van der Waals surface area contributed by atoms with Gasteiger partial charge in [0.1, 0.15) is 17.0 Å². The minimum Gasteiger partial charge on any atom is -0.497 e. The number of hydrogen-bond acceptors (Lipinski definition) is 6. The number of rotatable bonds is 8. The molecule has 1 atom stereocenters. The van der Waals surface area contributed by atoms with E-state index in [-0.39, 0.29) is 6.54 Å². The minimum absolute atomic E-state index is 0.122. The molecule has 8 heteroatoms. The predicted octanol–water partition coefficient (Wildman–Crippen LogP) is 5.91. The van der Waals surface area contributed by atoms with E-state index in [2.05, 4.69) is 17.2 Å². The predicted molar refractivity (Wildman–Crippen MR) is 152 cm³/mol. The fourth-order valence-electron chi connectivity index (χ4n) is 4.55. The molecule has 0 spiro atoms. The fourth-order valence-corrected chi connectivity index (χ4v) is 4.55. The van der Waals surface area contributed by atoms with Crippen molar-refractivity contribution < 1.29 is 18.7 Å². The number of methoxy groups -OCH3 is 1. The molecule has 0 bridgehead atoms. The van der Waals surface area contributed by atoms with Gasteiger partial charge in [-0.25, -0.2) is 9.78 Å². The number of pyridine rings is 1. The van der Waals surface area contributed by atoms with E-state index < -0.39 is 17.5 Å². The molecule has 0 saturated carbocycles. The first kappa shape index (κ1) is 27.4. The number of allylic oxidation sites excluding steroid dienone is 1. The monoisotopic (exact) mass is 526 g/mol. The standard InChI is InChI=1S/C29H28N4O4.C2H6/c1-18(2)33(16-21-10-11-22(36-4)14-19(21)3)17-29(27(34)31-28(35)32-29)26-15-24-25(37-26)13-12-23(30-24)20-8-6-5-7-9-20;1-2/h5-15H,1,16-17H2,2-4H3,(H2,31,32,34,35);1-2H3/t29-;/m0./s1. The SMILES string of the molecule is C=C(C)N(Cc1ccc(OC)cc1C)C[C@@]1(c2cc3nc(-c4ccccc4)ccc3o2)NC(=O)NC1=O.CC. The molecule has 4 aromatic rings. The number of hydrogen-bond donors (Lipinski definition) is 2. The molecular formula is C31H34N4O4. The van der Waals surface area contributed by atoms with Crippen LogP contribution < -0.4 is 15.4 Å². The third-order valence-electron chi connectivity index (χ3n) is 6.68. The third kappa shape index (κ3) is 5.50. The molecule has 2 aromatic heterocycles.